The first-order valence-corrected chi connectivity index (χ1v) is 6.76. The van der Waals surface area contributed by atoms with Gasteiger partial charge in [0.2, 0.25) is 0 Å². The molecule has 20 heavy (non-hydrogen) atoms. The minimum absolute atomic E-state index is 0.682. The summed E-state index contributed by atoms with van der Waals surface area (Å²) in [5, 5.41) is 4.57. The van der Waals surface area contributed by atoms with Gasteiger partial charge in [0.1, 0.15) is 0 Å². The molecular weight excluding hydrogens is 246 g/mol. The van der Waals surface area contributed by atoms with Crippen molar-refractivity contribution in [3.63, 3.8) is 0 Å². The number of pyridine rings is 1. The van der Waals surface area contributed by atoms with Gasteiger partial charge >= 0.3 is 0 Å². The van der Waals surface area contributed by atoms with Crippen molar-refractivity contribution in [2.45, 2.75) is 6.42 Å². The fraction of sp³-hybridized carbons (Fsp3) is 0.118. The number of hydrogen-bond acceptors (Lipinski definition) is 3. The van der Waals surface area contributed by atoms with E-state index in [1.165, 1.54) is 5.56 Å². The molecule has 3 rings (SSSR count). The summed E-state index contributed by atoms with van der Waals surface area (Å²) in [4.78, 5) is 4.37. The Balaban J connectivity index is 1.89. The minimum Gasteiger partial charge on any atom is -0.355 e. The largest absolute Gasteiger partial charge is 0.355 e. The second kappa shape index (κ2) is 5.72. The summed E-state index contributed by atoms with van der Waals surface area (Å²) in [5.74, 6) is 0. The molecule has 0 unspecified atom stereocenters. The van der Waals surface area contributed by atoms with E-state index in [1.54, 1.807) is 0 Å². The van der Waals surface area contributed by atoms with Gasteiger partial charge in [0, 0.05) is 23.0 Å². The number of nitrogens with two attached hydrogens (primary N) is 1. The second-order valence-electron chi connectivity index (χ2n) is 4.74. The van der Waals surface area contributed by atoms with Crippen LogP contribution < -0.4 is 11.1 Å². The van der Waals surface area contributed by atoms with Crippen molar-refractivity contribution in [2.75, 3.05) is 11.9 Å². The molecule has 0 aliphatic carbocycles. The summed E-state index contributed by atoms with van der Waals surface area (Å²) in [6.45, 7) is 0.682. The number of para-hydroxylation sites is 1. The number of fused-ring (bicyclic) bond motifs is 1. The van der Waals surface area contributed by atoms with Crippen LogP contribution in [0, 0.1) is 0 Å². The molecule has 0 saturated heterocycles. The van der Waals surface area contributed by atoms with Crippen molar-refractivity contribution < 1.29 is 0 Å². The van der Waals surface area contributed by atoms with Gasteiger partial charge < -0.3 is 11.1 Å². The van der Waals surface area contributed by atoms with E-state index in [-0.39, 0.29) is 0 Å². The molecule has 0 radical (unpaired) electrons. The summed E-state index contributed by atoms with van der Waals surface area (Å²) in [6, 6.07) is 18.5. The van der Waals surface area contributed by atoms with Gasteiger partial charge in [-0.1, -0.05) is 30.3 Å². The zero-order chi connectivity index (χ0) is 13.8. The topological polar surface area (TPSA) is 50.9 Å². The SMILES string of the molecule is NCCc1ccc(Nc2ccnc3ccccc23)cc1. The molecule has 0 atom stereocenters. The number of aromatic nitrogens is 1. The van der Waals surface area contributed by atoms with Crippen molar-refractivity contribution in [3.05, 3.63) is 66.4 Å². The van der Waals surface area contributed by atoms with Gasteiger partial charge in [-0.05, 0) is 42.8 Å². The van der Waals surface area contributed by atoms with E-state index >= 15 is 0 Å². The molecule has 1 aromatic heterocycles. The zero-order valence-corrected chi connectivity index (χ0v) is 11.2. The summed E-state index contributed by atoms with van der Waals surface area (Å²) < 4.78 is 0. The predicted molar refractivity (Wildman–Crippen MR) is 84.2 cm³/mol. The van der Waals surface area contributed by atoms with Crippen molar-refractivity contribution >= 4 is 22.3 Å². The molecule has 0 fully saturated rings. The molecular formula is C17H17N3. The Morgan fingerprint density at radius 3 is 2.55 bits per heavy atom. The number of rotatable bonds is 4. The van der Waals surface area contributed by atoms with Crippen LogP contribution in [-0.4, -0.2) is 11.5 Å². The molecule has 0 aliphatic rings. The standard InChI is InChI=1S/C17H17N3/c18-11-9-13-5-7-14(8-6-13)20-17-10-12-19-16-4-2-1-3-15(16)17/h1-8,10,12H,9,11,18H2,(H,19,20). The molecule has 3 aromatic rings. The third kappa shape index (κ3) is 2.63. The Hall–Kier alpha value is -2.39. The van der Waals surface area contributed by atoms with Gasteiger partial charge in [-0.3, -0.25) is 4.98 Å². The van der Waals surface area contributed by atoms with Crippen LogP contribution in [0.3, 0.4) is 0 Å². The van der Waals surface area contributed by atoms with Crippen molar-refractivity contribution in [3.8, 4) is 0 Å². The normalized spacial score (nSPS) is 10.7. The van der Waals surface area contributed by atoms with Crippen LogP contribution in [-0.2, 0) is 6.42 Å². The highest BCUT2D eigenvalue weighted by molar-refractivity contribution is 5.92. The van der Waals surface area contributed by atoms with Crippen LogP contribution in [0.5, 0.6) is 0 Å². The highest BCUT2D eigenvalue weighted by Gasteiger charge is 2.01. The van der Waals surface area contributed by atoms with E-state index in [2.05, 4.69) is 40.6 Å². The fourth-order valence-electron chi connectivity index (χ4n) is 2.28. The highest BCUT2D eigenvalue weighted by atomic mass is 14.9. The molecule has 0 amide bonds. The molecule has 0 bridgehead atoms. The van der Waals surface area contributed by atoms with E-state index in [0.29, 0.717) is 6.54 Å². The summed E-state index contributed by atoms with van der Waals surface area (Å²) >= 11 is 0. The molecule has 3 nitrogen and oxygen atoms in total. The van der Waals surface area contributed by atoms with Gasteiger partial charge in [-0.25, -0.2) is 0 Å². The average Bonchev–Trinajstić information content (AvgIpc) is 2.50. The molecule has 1 heterocycles. The maximum atomic E-state index is 5.56. The van der Waals surface area contributed by atoms with E-state index in [1.807, 2.05) is 30.5 Å². The molecule has 3 N–H and O–H groups in total. The Morgan fingerprint density at radius 1 is 0.950 bits per heavy atom. The fourth-order valence-corrected chi connectivity index (χ4v) is 2.28. The maximum absolute atomic E-state index is 5.56. The number of benzene rings is 2. The number of hydrogen-bond donors (Lipinski definition) is 2. The molecule has 0 spiro atoms. The van der Waals surface area contributed by atoms with Crippen molar-refractivity contribution in [1.82, 2.24) is 4.98 Å². The van der Waals surface area contributed by atoms with Gasteiger partial charge in [0.15, 0.2) is 0 Å². The molecule has 3 heteroatoms. The first kappa shape index (κ1) is 12.6. The lowest BCUT2D eigenvalue weighted by atomic mass is 10.1. The summed E-state index contributed by atoms with van der Waals surface area (Å²) in [5.41, 5.74) is 9.96. The van der Waals surface area contributed by atoms with Gasteiger partial charge in [0.25, 0.3) is 0 Å². The summed E-state index contributed by atoms with van der Waals surface area (Å²) in [7, 11) is 0. The molecule has 2 aromatic carbocycles. The van der Waals surface area contributed by atoms with E-state index in [0.717, 1.165) is 28.7 Å². The number of nitrogens with zero attached hydrogens (tertiary/aromatic N) is 1. The maximum Gasteiger partial charge on any atom is 0.0722 e. The highest BCUT2D eigenvalue weighted by Crippen LogP contribution is 2.24. The number of nitrogens with one attached hydrogen (secondary N) is 1. The van der Waals surface area contributed by atoms with Crippen LogP contribution in [0.25, 0.3) is 10.9 Å². The Bertz CT molecular complexity index is 700. The monoisotopic (exact) mass is 263 g/mol. The van der Waals surface area contributed by atoms with Crippen molar-refractivity contribution in [1.29, 1.82) is 0 Å². The minimum atomic E-state index is 0.682. The van der Waals surface area contributed by atoms with Crippen LogP contribution in [0.4, 0.5) is 11.4 Å². The first-order chi connectivity index (χ1) is 9.86. The second-order valence-corrected chi connectivity index (χ2v) is 4.74. The smallest absolute Gasteiger partial charge is 0.0722 e. The number of anilines is 2. The van der Waals surface area contributed by atoms with Crippen molar-refractivity contribution in [2.24, 2.45) is 5.73 Å². The quantitative estimate of drug-likeness (QED) is 0.757. The third-order valence-corrected chi connectivity index (χ3v) is 3.31. The lowest BCUT2D eigenvalue weighted by Gasteiger charge is -2.10. The average molecular weight is 263 g/mol. The van der Waals surface area contributed by atoms with E-state index in [4.69, 9.17) is 5.73 Å². The summed E-state index contributed by atoms with van der Waals surface area (Å²) in [6.07, 6.45) is 2.74. The Morgan fingerprint density at radius 2 is 1.75 bits per heavy atom. The van der Waals surface area contributed by atoms with Gasteiger partial charge in [-0.2, -0.15) is 0 Å². The molecule has 0 aliphatic heterocycles. The van der Waals surface area contributed by atoms with Gasteiger partial charge in [0.05, 0.1) is 5.52 Å². The van der Waals surface area contributed by atoms with E-state index < -0.39 is 0 Å². The van der Waals surface area contributed by atoms with Crippen LogP contribution in [0.2, 0.25) is 0 Å². The van der Waals surface area contributed by atoms with Gasteiger partial charge in [-0.15, -0.1) is 0 Å². The first-order valence-electron chi connectivity index (χ1n) is 6.76. The lowest BCUT2D eigenvalue weighted by Crippen LogP contribution is -2.02. The third-order valence-electron chi connectivity index (χ3n) is 3.31. The Kier molecular flexibility index (Phi) is 3.61. The van der Waals surface area contributed by atoms with Crippen LogP contribution in [0.15, 0.2) is 60.8 Å². The molecule has 100 valence electrons. The van der Waals surface area contributed by atoms with Crippen LogP contribution >= 0.6 is 0 Å². The van der Waals surface area contributed by atoms with E-state index in [9.17, 15) is 0 Å². The van der Waals surface area contributed by atoms with Crippen LogP contribution in [0.1, 0.15) is 5.56 Å². The lowest BCUT2D eigenvalue weighted by molar-refractivity contribution is 0.969. The Labute approximate surface area is 118 Å². The molecule has 0 saturated carbocycles. The zero-order valence-electron chi connectivity index (χ0n) is 11.2. The predicted octanol–water partition coefficient (Wildman–Crippen LogP) is 3.48.